The van der Waals surface area contributed by atoms with Crippen molar-refractivity contribution in [3.63, 3.8) is 0 Å². The second kappa shape index (κ2) is 9.31. The van der Waals surface area contributed by atoms with E-state index in [2.05, 4.69) is 10.6 Å². The third-order valence-electron chi connectivity index (χ3n) is 6.00. The number of nitrogens with one attached hydrogen (secondary N) is 2. The molecular formula is C27H25N3O4. The largest absolute Gasteiger partial charge is 0.339 e. The molecule has 0 unspecified atom stereocenters. The van der Waals surface area contributed by atoms with Crippen molar-refractivity contribution < 1.29 is 19.2 Å². The van der Waals surface area contributed by atoms with Gasteiger partial charge in [-0.1, -0.05) is 60.7 Å². The number of hydrogen-bond donors (Lipinski definition) is 2. The van der Waals surface area contributed by atoms with Crippen molar-refractivity contribution in [3.05, 3.63) is 101 Å². The van der Waals surface area contributed by atoms with Crippen molar-refractivity contribution in [3.8, 4) is 0 Å². The van der Waals surface area contributed by atoms with E-state index in [1.807, 2.05) is 38.1 Å². The van der Waals surface area contributed by atoms with Crippen LogP contribution in [0.4, 0.5) is 5.69 Å². The minimum absolute atomic E-state index is 0.263. The highest BCUT2D eigenvalue weighted by Crippen LogP contribution is 2.26. The van der Waals surface area contributed by atoms with Crippen molar-refractivity contribution in [2.45, 2.75) is 32.9 Å². The van der Waals surface area contributed by atoms with Crippen LogP contribution in [0.2, 0.25) is 0 Å². The Labute approximate surface area is 197 Å². The Balaban J connectivity index is 1.59. The number of carbonyl (C=O) groups is 4. The summed E-state index contributed by atoms with van der Waals surface area (Å²) in [6.07, 6.45) is 0. The lowest BCUT2D eigenvalue weighted by molar-refractivity contribution is -0.129. The van der Waals surface area contributed by atoms with Crippen molar-refractivity contribution in [2.24, 2.45) is 0 Å². The molecule has 1 heterocycles. The van der Waals surface area contributed by atoms with Gasteiger partial charge in [0.2, 0.25) is 5.91 Å². The SMILES string of the molecule is Cc1cccc(C)c1NC(=O)[C@@H](NC(=O)[C@@H](C)N1C(=O)c2ccccc2C1=O)c1ccccc1. The third-order valence-corrected chi connectivity index (χ3v) is 6.00. The molecule has 4 amide bonds. The number of aryl methyl sites for hydroxylation is 2. The fourth-order valence-corrected chi connectivity index (χ4v) is 4.09. The predicted molar refractivity (Wildman–Crippen MR) is 128 cm³/mol. The molecule has 0 saturated carbocycles. The molecule has 0 aliphatic carbocycles. The minimum atomic E-state index is -1.10. The van der Waals surface area contributed by atoms with Crippen LogP contribution in [0.1, 0.15) is 50.4 Å². The topological polar surface area (TPSA) is 95.6 Å². The summed E-state index contributed by atoms with van der Waals surface area (Å²) < 4.78 is 0. The molecule has 0 aromatic heterocycles. The Hall–Kier alpha value is -4.26. The van der Waals surface area contributed by atoms with Crippen LogP contribution in [0, 0.1) is 13.8 Å². The average Bonchev–Trinajstić information content (AvgIpc) is 3.09. The highest BCUT2D eigenvalue weighted by Gasteiger charge is 2.41. The van der Waals surface area contributed by atoms with Crippen LogP contribution in [0.5, 0.6) is 0 Å². The number of benzene rings is 3. The normalized spacial score (nSPS) is 14.4. The van der Waals surface area contributed by atoms with Crippen LogP contribution in [0.15, 0.2) is 72.8 Å². The van der Waals surface area contributed by atoms with E-state index in [9.17, 15) is 19.2 Å². The second-order valence-electron chi connectivity index (χ2n) is 8.31. The van der Waals surface area contributed by atoms with Gasteiger partial charge in [-0.2, -0.15) is 0 Å². The summed E-state index contributed by atoms with van der Waals surface area (Å²) in [7, 11) is 0. The molecule has 0 saturated heterocycles. The van der Waals surface area contributed by atoms with E-state index >= 15 is 0 Å². The van der Waals surface area contributed by atoms with Crippen molar-refractivity contribution in [1.29, 1.82) is 0 Å². The molecule has 0 bridgehead atoms. The summed E-state index contributed by atoms with van der Waals surface area (Å²) in [4.78, 5) is 53.1. The maximum absolute atomic E-state index is 13.3. The Morgan fingerprint density at radius 2 is 1.26 bits per heavy atom. The Morgan fingerprint density at radius 1 is 0.735 bits per heavy atom. The zero-order valence-corrected chi connectivity index (χ0v) is 19.2. The Kier molecular flexibility index (Phi) is 6.27. The van der Waals surface area contributed by atoms with Gasteiger partial charge in [-0.15, -0.1) is 0 Å². The van der Waals surface area contributed by atoms with E-state index in [1.165, 1.54) is 6.92 Å². The van der Waals surface area contributed by atoms with Crippen molar-refractivity contribution in [2.75, 3.05) is 5.32 Å². The van der Waals surface area contributed by atoms with Gasteiger partial charge in [0.25, 0.3) is 17.7 Å². The summed E-state index contributed by atoms with van der Waals surface area (Å²) in [6.45, 7) is 5.26. The van der Waals surface area contributed by atoms with Crippen LogP contribution in [0.25, 0.3) is 0 Å². The number of anilines is 1. The van der Waals surface area contributed by atoms with Gasteiger partial charge in [-0.3, -0.25) is 24.1 Å². The monoisotopic (exact) mass is 455 g/mol. The first-order valence-corrected chi connectivity index (χ1v) is 11.0. The zero-order chi connectivity index (χ0) is 24.4. The van der Waals surface area contributed by atoms with E-state index in [0.717, 1.165) is 16.0 Å². The van der Waals surface area contributed by atoms with E-state index in [4.69, 9.17) is 0 Å². The number of para-hydroxylation sites is 1. The van der Waals surface area contributed by atoms with Gasteiger partial charge in [0.05, 0.1) is 11.1 Å². The Bertz CT molecular complexity index is 1230. The van der Waals surface area contributed by atoms with Crippen LogP contribution >= 0.6 is 0 Å². The molecule has 0 spiro atoms. The summed E-state index contributed by atoms with van der Waals surface area (Å²) in [5.41, 5.74) is 3.57. The Morgan fingerprint density at radius 3 is 1.82 bits per heavy atom. The molecule has 4 rings (SSSR count). The van der Waals surface area contributed by atoms with Gasteiger partial charge < -0.3 is 10.6 Å². The number of rotatable bonds is 6. The van der Waals surface area contributed by atoms with Crippen molar-refractivity contribution in [1.82, 2.24) is 10.2 Å². The number of hydrogen-bond acceptors (Lipinski definition) is 4. The number of amides is 4. The smallest absolute Gasteiger partial charge is 0.262 e. The average molecular weight is 456 g/mol. The second-order valence-corrected chi connectivity index (χ2v) is 8.31. The lowest BCUT2D eigenvalue weighted by Gasteiger charge is -2.25. The third kappa shape index (κ3) is 4.20. The lowest BCUT2D eigenvalue weighted by Crippen LogP contribution is -2.50. The van der Waals surface area contributed by atoms with Gasteiger partial charge in [0.15, 0.2) is 0 Å². The predicted octanol–water partition coefficient (Wildman–Crippen LogP) is 3.78. The van der Waals surface area contributed by atoms with Crippen LogP contribution in [-0.4, -0.2) is 34.6 Å². The quantitative estimate of drug-likeness (QED) is 0.553. The maximum atomic E-state index is 13.3. The number of nitrogens with zero attached hydrogens (tertiary/aromatic N) is 1. The number of imide groups is 1. The number of fused-ring (bicyclic) bond motifs is 1. The summed E-state index contributed by atoms with van der Waals surface area (Å²) in [5, 5.41) is 5.66. The van der Waals surface area contributed by atoms with Gasteiger partial charge in [0, 0.05) is 5.69 Å². The number of carbonyl (C=O) groups excluding carboxylic acids is 4. The molecule has 1 aliphatic rings. The van der Waals surface area contributed by atoms with E-state index in [-0.39, 0.29) is 11.1 Å². The fraction of sp³-hybridized carbons (Fsp3) is 0.185. The van der Waals surface area contributed by atoms with Crippen molar-refractivity contribution >= 4 is 29.3 Å². The first-order valence-electron chi connectivity index (χ1n) is 11.0. The van der Waals surface area contributed by atoms with Gasteiger partial charge in [0.1, 0.15) is 12.1 Å². The lowest BCUT2D eigenvalue weighted by atomic mass is 10.0. The van der Waals surface area contributed by atoms with Crippen LogP contribution in [-0.2, 0) is 9.59 Å². The van der Waals surface area contributed by atoms with Crippen LogP contribution < -0.4 is 10.6 Å². The molecule has 0 radical (unpaired) electrons. The molecule has 2 N–H and O–H groups in total. The van der Waals surface area contributed by atoms with E-state index < -0.39 is 35.7 Å². The molecule has 7 nitrogen and oxygen atoms in total. The molecule has 2 atom stereocenters. The highest BCUT2D eigenvalue weighted by atomic mass is 16.2. The summed E-state index contributed by atoms with van der Waals surface area (Å²) in [6, 6.07) is 18.8. The minimum Gasteiger partial charge on any atom is -0.339 e. The zero-order valence-electron chi connectivity index (χ0n) is 19.2. The van der Waals surface area contributed by atoms with Crippen LogP contribution in [0.3, 0.4) is 0 Å². The van der Waals surface area contributed by atoms with Gasteiger partial charge in [-0.05, 0) is 49.6 Å². The molecule has 1 aliphatic heterocycles. The standard InChI is InChI=1S/C27H25N3O4/c1-16-10-9-11-17(2)22(16)28-25(32)23(19-12-5-4-6-13-19)29-24(31)18(3)30-26(33)20-14-7-8-15-21(20)27(30)34/h4-15,18,23H,1-3H3,(H,28,32)(H,29,31)/t18-,23+/m1/s1. The molecule has 7 heteroatoms. The maximum Gasteiger partial charge on any atom is 0.262 e. The summed E-state index contributed by atoms with van der Waals surface area (Å²) >= 11 is 0. The van der Waals surface area contributed by atoms with E-state index in [1.54, 1.807) is 48.5 Å². The molecule has 3 aromatic rings. The molecule has 3 aromatic carbocycles. The van der Waals surface area contributed by atoms with Gasteiger partial charge in [-0.25, -0.2) is 0 Å². The summed E-state index contributed by atoms with van der Waals surface area (Å²) in [5.74, 6) is -2.09. The highest BCUT2D eigenvalue weighted by molar-refractivity contribution is 6.22. The fourth-order valence-electron chi connectivity index (χ4n) is 4.09. The first kappa shape index (κ1) is 22.9. The van der Waals surface area contributed by atoms with Gasteiger partial charge >= 0.3 is 0 Å². The molecule has 172 valence electrons. The van der Waals surface area contributed by atoms with E-state index in [0.29, 0.717) is 11.3 Å². The molecule has 0 fully saturated rings. The molecule has 34 heavy (non-hydrogen) atoms. The molecular weight excluding hydrogens is 430 g/mol. The first-order chi connectivity index (χ1) is 16.3.